The lowest BCUT2D eigenvalue weighted by Gasteiger charge is -2.18. The first-order valence-electron chi connectivity index (χ1n) is 8.12. The average Bonchev–Trinajstić information content (AvgIpc) is 2.63. The van der Waals surface area contributed by atoms with E-state index in [9.17, 15) is 22.4 Å². The SMILES string of the molecule is C[C@H](OC(=O)[C@@H](C)Oc1ccc(F)cc1)C(=O)Nc1ccc(S(N)(=O)=O)cc1. The summed E-state index contributed by atoms with van der Waals surface area (Å²) >= 11 is 0. The molecule has 3 N–H and O–H groups in total. The first-order chi connectivity index (χ1) is 13.1. The number of amides is 1. The number of anilines is 1. The molecule has 2 rings (SSSR count). The zero-order valence-electron chi connectivity index (χ0n) is 15.1. The Morgan fingerprint density at radius 1 is 1.00 bits per heavy atom. The quantitative estimate of drug-likeness (QED) is 0.671. The monoisotopic (exact) mass is 410 g/mol. The Kier molecular flexibility index (Phi) is 6.71. The van der Waals surface area contributed by atoms with Gasteiger partial charge in [-0.15, -0.1) is 0 Å². The summed E-state index contributed by atoms with van der Waals surface area (Å²) in [6.45, 7) is 2.80. The molecule has 0 saturated heterocycles. The van der Waals surface area contributed by atoms with E-state index in [0.29, 0.717) is 5.69 Å². The Balaban J connectivity index is 1.90. The highest BCUT2D eigenvalue weighted by Crippen LogP contribution is 2.15. The number of rotatable bonds is 7. The molecule has 0 heterocycles. The molecule has 8 nitrogen and oxygen atoms in total. The highest BCUT2D eigenvalue weighted by molar-refractivity contribution is 7.89. The molecule has 2 aromatic rings. The lowest BCUT2D eigenvalue weighted by molar-refractivity contribution is -0.159. The zero-order chi connectivity index (χ0) is 20.9. The van der Waals surface area contributed by atoms with Gasteiger partial charge in [-0.3, -0.25) is 4.79 Å². The Bertz CT molecular complexity index is 945. The number of carbonyl (C=O) groups excluding carboxylic acids is 2. The van der Waals surface area contributed by atoms with E-state index in [2.05, 4.69) is 5.32 Å². The van der Waals surface area contributed by atoms with Gasteiger partial charge in [0, 0.05) is 5.69 Å². The van der Waals surface area contributed by atoms with Gasteiger partial charge in [0.15, 0.2) is 12.2 Å². The molecule has 0 saturated carbocycles. The first-order valence-corrected chi connectivity index (χ1v) is 9.67. The Morgan fingerprint density at radius 2 is 1.57 bits per heavy atom. The fourth-order valence-corrected chi connectivity index (χ4v) is 2.58. The second kappa shape index (κ2) is 8.81. The van der Waals surface area contributed by atoms with Crippen molar-refractivity contribution in [1.29, 1.82) is 0 Å². The van der Waals surface area contributed by atoms with E-state index in [1.165, 1.54) is 62.4 Å². The Hall–Kier alpha value is -2.98. The van der Waals surface area contributed by atoms with E-state index in [-0.39, 0.29) is 10.6 Å². The molecule has 0 fully saturated rings. The number of halogens is 1. The van der Waals surface area contributed by atoms with Crippen molar-refractivity contribution in [2.45, 2.75) is 31.0 Å². The number of carbonyl (C=O) groups is 2. The van der Waals surface area contributed by atoms with Crippen LogP contribution >= 0.6 is 0 Å². The fraction of sp³-hybridized carbons (Fsp3) is 0.222. The zero-order valence-corrected chi connectivity index (χ0v) is 15.9. The van der Waals surface area contributed by atoms with Crippen molar-refractivity contribution in [3.63, 3.8) is 0 Å². The van der Waals surface area contributed by atoms with Gasteiger partial charge in [-0.2, -0.15) is 0 Å². The van der Waals surface area contributed by atoms with Crippen LogP contribution in [0.25, 0.3) is 0 Å². The van der Waals surface area contributed by atoms with Gasteiger partial charge in [-0.05, 0) is 62.4 Å². The van der Waals surface area contributed by atoms with Gasteiger partial charge in [-0.1, -0.05) is 0 Å². The molecular formula is C18H19FN2O6S. The third-order valence-corrected chi connectivity index (χ3v) is 4.50. The highest BCUT2D eigenvalue weighted by Gasteiger charge is 2.23. The van der Waals surface area contributed by atoms with Crippen LogP contribution in [0.4, 0.5) is 10.1 Å². The van der Waals surface area contributed by atoms with Gasteiger partial charge >= 0.3 is 5.97 Å². The van der Waals surface area contributed by atoms with Gasteiger partial charge in [0.05, 0.1) is 4.90 Å². The standard InChI is InChI=1S/C18H19FN2O6S/c1-11(17(22)21-14-5-9-16(10-6-14)28(20,24)25)27-18(23)12(2)26-15-7-3-13(19)4-8-15/h3-12H,1-2H3,(H,21,22)(H2,20,24,25)/t11-,12+/m0/s1. The van der Waals surface area contributed by atoms with Crippen LogP contribution in [0.15, 0.2) is 53.4 Å². The van der Waals surface area contributed by atoms with Crippen LogP contribution in [0.3, 0.4) is 0 Å². The number of esters is 1. The minimum atomic E-state index is -3.83. The summed E-state index contributed by atoms with van der Waals surface area (Å²) in [5.74, 6) is -1.56. The van der Waals surface area contributed by atoms with Crippen LogP contribution in [0.1, 0.15) is 13.8 Å². The number of sulfonamides is 1. The number of hydrogen-bond donors (Lipinski definition) is 2. The van der Waals surface area contributed by atoms with Crippen molar-refractivity contribution in [2.24, 2.45) is 5.14 Å². The molecule has 0 radical (unpaired) electrons. The summed E-state index contributed by atoms with van der Waals surface area (Å²) in [7, 11) is -3.83. The number of nitrogens with one attached hydrogen (secondary N) is 1. The smallest absolute Gasteiger partial charge is 0.347 e. The molecule has 0 aromatic heterocycles. The first kappa shape index (κ1) is 21.3. The predicted molar refractivity (Wildman–Crippen MR) is 98.5 cm³/mol. The van der Waals surface area contributed by atoms with Crippen molar-refractivity contribution in [3.8, 4) is 5.75 Å². The van der Waals surface area contributed by atoms with Crippen LogP contribution in [0.2, 0.25) is 0 Å². The normalized spacial score (nSPS) is 13.3. The van der Waals surface area contributed by atoms with Crippen LogP contribution < -0.4 is 15.2 Å². The van der Waals surface area contributed by atoms with Crippen molar-refractivity contribution < 1.29 is 31.9 Å². The van der Waals surface area contributed by atoms with E-state index >= 15 is 0 Å². The summed E-state index contributed by atoms with van der Waals surface area (Å²) in [4.78, 5) is 24.1. The van der Waals surface area contributed by atoms with E-state index in [1.807, 2.05) is 0 Å². The summed E-state index contributed by atoms with van der Waals surface area (Å²) in [5.41, 5.74) is 0.302. The minimum absolute atomic E-state index is 0.100. The van der Waals surface area contributed by atoms with Crippen LogP contribution in [-0.4, -0.2) is 32.5 Å². The second-order valence-electron chi connectivity index (χ2n) is 5.85. The number of nitrogens with two attached hydrogens (primary N) is 1. The number of hydrogen-bond acceptors (Lipinski definition) is 6. The molecule has 0 aliphatic carbocycles. The molecular weight excluding hydrogens is 391 g/mol. The van der Waals surface area contributed by atoms with Gasteiger partial charge < -0.3 is 14.8 Å². The molecule has 0 unspecified atom stereocenters. The van der Waals surface area contributed by atoms with Gasteiger partial charge in [-0.25, -0.2) is 22.7 Å². The number of benzene rings is 2. The third-order valence-electron chi connectivity index (χ3n) is 3.57. The summed E-state index contributed by atoms with van der Waals surface area (Å²) < 4.78 is 45.7. The molecule has 150 valence electrons. The lowest BCUT2D eigenvalue weighted by Crippen LogP contribution is -2.35. The van der Waals surface area contributed by atoms with E-state index in [0.717, 1.165) is 0 Å². The molecule has 0 spiro atoms. The molecule has 0 aliphatic rings. The summed E-state index contributed by atoms with van der Waals surface area (Å²) in [5, 5.41) is 7.49. The average molecular weight is 410 g/mol. The van der Waals surface area contributed by atoms with Crippen molar-refractivity contribution in [1.82, 2.24) is 0 Å². The van der Waals surface area contributed by atoms with Gasteiger partial charge in [0.1, 0.15) is 11.6 Å². The molecule has 1 amide bonds. The van der Waals surface area contributed by atoms with E-state index < -0.39 is 39.9 Å². The van der Waals surface area contributed by atoms with E-state index in [1.54, 1.807) is 0 Å². The van der Waals surface area contributed by atoms with Gasteiger partial charge in [0.25, 0.3) is 5.91 Å². The highest BCUT2D eigenvalue weighted by atomic mass is 32.2. The fourth-order valence-electron chi connectivity index (χ4n) is 2.06. The molecule has 2 atom stereocenters. The second-order valence-corrected chi connectivity index (χ2v) is 7.41. The van der Waals surface area contributed by atoms with Crippen LogP contribution in [0, 0.1) is 5.82 Å². The molecule has 28 heavy (non-hydrogen) atoms. The maximum Gasteiger partial charge on any atom is 0.347 e. The van der Waals surface area contributed by atoms with Crippen LogP contribution in [0.5, 0.6) is 5.75 Å². The van der Waals surface area contributed by atoms with Crippen molar-refractivity contribution in [3.05, 3.63) is 54.3 Å². The summed E-state index contributed by atoms with van der Waals surface area (Å²) in [6, 6.07) is 10.3. The number of primary sulfonamides is 1. The van der Waals surface area contributed by atoms with Gasteiger partial charge in [0.2, 0.25) is 10.0 Å². The number of ether oxygens (including phenoxy) is 2. The topological polar surface area (TPSA) is 125 Å². The van der Waals surface area contributed by atoms with E-state index in [4.69, 9.17) is 14.6 Å². The third kappa shape index (κ3) is 6.03. The molecule has 0 aliphatic heterocycles. The molecule has 10 heteroatoms. The minimum Gasteiger partial charge on any atom is -0.479 e. The maximum absolute atomic E-state index is 12.9. The largest absolute Gasteiger partial charge is 0.479 e. The Labute approximate surface area is 161 Å². The Morgan fingerprint density at radius 3 is 2.11 bits per heavy atom. The maximum atomic E-state index is 12.9. The molecule has 2 aromatic carbocycles. The lowest BCUT2D eigenvalue weighted by atomic mass is 10.3. The summed E-state index contributed by atoms with van der Waals surface area (Å²) in [6.07, 6.45) is -2.15. The van der Waals surface area contributed by atoms with Crippen molar-refractivity contribution in [2.75, 3.05) is 5.32 Å². The van der Waals surface area contributed by atoms with Crippen molar-refractivity contribution >= 4 is 27.6 Å². The van der Waals surface area contributed by atoms with Crippen LogP contribution in [-0.2, 0) is 24.3 Å². The molecule has 0 bridgehead atoms. The predicted octanol–water partition coefficient (Wildman–Crippen LogP) is 1.81.